The van der Waals surface area contributed by atoms with Crippen molar-refractivity contribution < 1.29 is 9.90 Å². The molecule has 2 rings (SSSR count). The zero-order valence-electron chi connectivity index (χ0n) is 11.3. The van der Waals surface area contributed by atoms with Gasteiger partial charge in [-0.25, -0.2) is 0 Å². The molecule has 1 saturated carbocycles. The van der Waals surface area contributed by atoms with Crippen LogP contribution in [0.1, 0.15) is 46.5 Å². The van der Waals surface area contributed by atoms with Crippen molar-refractivity contribution in [2.75, 3.05) is 13.1 Å². The second kappa shape index (κ2) is 4.60. The number of aliphatic carboxylic acids is 1. The molecule has 17 heavy (non-hydrogen) atoms. The Morgan fingerprint density at radius 2 is 2.06 bits per heavy atom. The van der Waals surface area contributed by atoms with Crippen LogP contribution in [-0.4, -0.2) is 35.1 Å². The highest BCUT2D eigenvalue weighted by Gasteiger charge is 2.44. The summed E-state index contributed by atoms with van der Waals surface area (Å²) in [6.07, 6.45) is 4.69. The van der Waals surface area contributed by atoms with Crippen molar-refractivity contribution in [1.29, 1.82) is 0 Å². The predicted octanol–water partition coefficient (Wildman–Crippen LogP) is 2.61. The van der Waals surface area contributed by atoms with Gasteiger partial charge in [0.15, 0.2) is 0 Å². The van der Waals surface area contributed by atoms with Crippen molar-refractivity contribution in [1.82, 2.24) is 4.90 Å². The molecule has 98 valence electrons. The van der Waals surface area contributed by atoms with Gasteiger partial charge in [-0.05, 0) is 44.6 Å². The molecule has 0 spiro atoms. The monoisotopic (exact) mass is 239 g/mol. The molecule has 1 saturated heterocycles. The van der Waals surface area contributed by atoms with Crippen LogP contribution in [-0.2, 0) is 4.79 Å². The molecule has 1 heterocycles. The number of nitrogens with zero attached hydrogens (tertiary/aromatic N) is 1. The lowest BCUT2D eigenvalue weighted by atomic mass is 9.79. The van der Waals surface area contributed by atoms with Crippen LogP contribution in [0.5, 0.6) is 0 Å². The minimum atomic E-state index is -0.628. The molecule has 0 aromatic carbocycles. The van der Waals surface area contributed by atoms with Gasteiger partial charge in [-0.15, -0.1) is 0 Å². The van der Waals surface area contributed by atoms with Crippen LogP contribution in [0.15, 0.2) is 0 Å². The first-order chi connectivity index (χ1) is 7.92. The molecule has 0 bridgehead atoms. The number of hydrogen-bond donors (Lipinski definition) is 1. The molecular weight excluding hydrogens is 214 g/mol. The zero-order chi connectivity index (χ0) is 12.6. The van der Waals surface area contributed by atoms with E-state index in [1.54, 1.807) is 0 Å². The summed E-state index contributed by atoms with van der Waals surface area (Å²) in [4.78, 5) is 13.7. The quantitative estimate of drug-likeness (QED) is 0.805. The van der Waals surface area contributed by atoms with E-state index in [4.69, 9.17) is 0 Å². The third kappa shape index (κ3) is 2.49. The van der Waals surface area contributed by atoms with Crippen molar-refractivity contribution in [2.45, 2.75) is 52.5 Å². The SMILES string of the molecule is CC1CCC(C)C(N2CCC(C)(C(=O)O)C2)C1. The molecule has 4 unspecified atom stereocenters. The molecule has 2 aliphatic rings. The normalized spacial score (nSPS) is 43.8. The van der Waals surface area contributed by atoms with Gasteiger partial charge >= 0.3 is 5.97 Å². The van der Waals surface area contributed by atoms with E-state index in [0.717, 1.165) is 31.3 Å². The first-order valence-electron chi connectivity index (χ1n) is 6.90. The third-order valence-corrected chi connectivity index (χ3v) is 4.90. The predicted molar refractivity (Wildman–Crippen MR) is 67.9 cm³/mol. The number of likely N-dealkylation sites (tertiary alicyclic amines) is 1. The van der Waals surface area contributed by atoms with Crippen LogP contribution in [0.2, 0.25) is 0 Å². The summed E-state index contributed by atoms with van der Waals surface area (Å²) in [6.45, 7) is 8.25. The van der Waals surface area contributed by atoms with Crippen molar-refractivity contribution in [2.24, 2.45) is 17.3 Å². The van der Waals surface area contributed by atoms with E-state index in [1.807, 2.05) is 6.92 Å². The summed E-state index contributed by atoms with van der Waals surface area (Å²) in [5.41, 5.74) is -0.513. The van der Waals surface area contributed by atoms with Crippen LogP contribution in [0.4, 0.5) is 0 Å². The van der Waals surface area contributed by atoms with Gasteiger partial charge in [0, 0.05) is 12.6 Å². The Hall–Kier alpha value is -0.570. The fourth-order valence-corrected chi connectivity index (χ4v) is 3.47. The number of carboxylic acid groups (broad SMARTS) is 1. The Morgan fingerprint density at radius 3 is 2.65 bits per heavy atom. The third-order valence-electron chi connectivity index (χ3n) is 4.90. The zero-order valence-corrected chi connectivity index (χ0v) is 11.3. The average molecular weight is 239 g/mol. The van der Waals surface area contributed by atoms with Gasteiger partial charge in [-0.1, -0.05) is 20.3 Å². The molecule has 0 aromatic rings. The summed E-state index contributed by atoms with van der Waals surface area (Å²) in [5, 5.41) is 9.28. The van der Waals surface area contributed by atoms with Gasteiger partial charge in [-0.2, -0.15) is 0 Å². The van der Waals surface area contributed by atoms with Crippen molar-refractivity contribution >= 4 is 5.97 Å². The molecule has 1 aliphatic heterocycles. The summed E-state index contributed by atoms with van der Waals surface area (Å²) in [7, 11) is 0. The van der Waals surface area contributed by atoms with Crippen molar-refractivity contribution in [3.8, 4) is 0 Å². The number of rotatable bonds is 2. The fourth-order valence-electron chi connectivity index (χ4n) is 3.47. The Balaban J connectivity index is 2.02. The Kier molecular flexibility index (Phi) is 3.48. The van der Waals surface area contributed by atoms with Crippen molar-refractivity contribution in [3.63, 3.8) is 0 Å². The summed E-state index contributed by atoms with van der Waals surface area (Å²) < 4.78 is 0. The smallest absolute Gasteiger partial charge is 0.310 e. The summed E-state index contributed by atoms with van der Waals surface area (Å²) in [5.74, 6) is 0.895. The number of carboxylic acids is 1. The second-order valence-electron chi connectivity index (χ2n) is 6.55. The van der Waals surface area contributed by atoms with Gasteiger partial charge in [-0.3, -0.25) is 9.69 Å². The molecule has 4 atom stereocenters. The van der Waals surface area contributed by atoms with E-state index in [2.05, 4.69) is 18.7 Å². The number of hydrogen-bond acceptors (Lipinski definition) is 2. The van der Waals surface area contributed by atoms with Gasteiger partial charge in [0.1, 0.15) is 0 Å². The minimum absolute atomic E-state index is 0.513. The molecule has 1 aliphatic carbocycles. The van der Waals surface area contributed by atoms with Gasteiger partial charge in [0.05, 0.1) is 5.41 Å². The molecule has 0 aromatic heterocycles. The van der Waals surface area contributed by atoms with E-state index in [9.17, 15) is 9.90 Å². The Morgan fingerprint density at radius 1 is 1.35 bits per heavy atom. The maximum atomic E-state index is 11.3. The summed E-state index contributed by atoms with van der Waals surface area (Å²) in [6, 6.07) is 0.611. The molecule has 0 radical (unpaired) electrons. The van der Waals surface area contributed by atoms with Crippen LogP contribution in [0, 0.1) is 17.3 Å². The lowest BCUT2D eigenvalue weighted by Gasteiger charge is -2.39. The van der Waals surface area contributed by atoms with Gasteiger partial charge in [0.25, 0.3) is 0 Å². The molecule has 3 heteroatoms. The average Bonchev–Trinajstić information content (AvgIpc) is 2.66. The highest BCUT2D eigenvalue weighted by Crippen LogP contribution is 2.38. The maximum Gasteiger partial charge on any atom is 0.310 e. The van der Waals surface area contributed by atoms with E-state index in [-0.39, 0.29) is 0 Å². The fraction of sp³-hybridized carbons (Fsp3) is 0.929. The highest BCUT2D eigenvalue weighted by molar-refractivity contribution is 5.74. The first kappa shape index (κ1) is 12.9. The molecular formula is C14H25NO2. The van der Waals surface area contributed by atoms with E-state index >= 15 is 0 Å². The minimum Gasteiger partial charge on any atom is -0.481 e. The van der Waals surface area contributed by atoms with E-state index in [1.165, 1.54) is 19.3 Å². The number of carbonyl (C=O) groups is 1. The van der Waals surface area contributed by atoms with Crippen LogP contribution in [0.25, 0.3) is 0 Å². The topological polar surface area (TPSA) is 40.5 Å². The first-order valence-corrected chi connectivity index (χ1v) is 6.90. The second-order valence-corrected chi connectivity index (χ2v) is 6.55. The highest BCUT2D eigenvalue weighted by atomic mass is 16.4. The summed E-state index contributed by atoms with van der Waals surface area (Å²) >= 11 is 0. The molecule has 2 fully saturated rings. The molecule has 1 N–H and O–H groups in total. The van der Waals surface area contributed by atoms with Gasteiger partial charge < -0.3 is 5.11 Å². The van der Waals surface area contributed by atoms with Gasteiger partial charge in [0.2, 0.25) is 0 Å². The molecule has 0 amide bonds. The van der Waals surface area contributed by atoms with E-state index in [0.29, 0.717) is 6.04 Å². The van der Waals surface area contributed by atoms with Crippen molar-refractivity contribution in [3.05, 3.63) is 0 Å². The standard InChI is InChI=1S/C14H25NO2/c1-10-4-5-11(2)12(8-10)15-7-6-14(3,9-15)13(16)17/h10-12H,4-9H2,1-3H3,(H,16,17). The van der Waals surface area contributed by atoms with Crippen LogP contribution in [0.3, 0.4) is 0 Å². The molecule has 3 nitrogen and oxygen atoms in total. The maximum absolute atomic E-state index is 11.3. The lowest BCUT2D eigenvalue weighted by molar-refractivity contribution is -0.147. The van der Waals surface area contributed by atoms with Crippen LogP contribution < -0.4 is 0 Å². The lowest BCUT2D eigenvalue weighted by Crippen LogP contribution is -2.43. The van der Waals surface area contributed by atoms with Crippen LogP contribution >= 0.6 is 0 Å². The Bertz CT molecular complexity index is 305. The Labute approximate surface area is 104 Å². The van der Waals surface area contributed by atoms with E-state index < -0.39 is 11.4 Å². The largest absolute Gasteiger partial charge is 0.481 e.